The van der Waals surface area contributed by atoms with Gasteiger partial charge in [-0.2, -0.15) is 0 Å². The van der Waals surface area contributed by atoms with Crippen LogP contribution in [0.2, 0.25) is 0 Å². The molecule has 5 heteroatoms. The van der Waals surface area contributed by atoms with Gasteiger partial charge in [-0.15, -0.1) is 0 Å². The molecule has 16 heavy (non-hydrogen) atoms. The molecule has 0 atom stereocenters. The minimum Gasteiger partial charge on any atom is -0.478 e. The van der Waals surface area contributed by atoms with Crippen molar-refractivity contribution >= 4 is 23.8 Å². The molecule has 0 saturated heterocycles. The van der Waals surface area contributed by atoms with Crippen molar-refractivity contribution in [2.24, 2.45) is 0 Å². The molecule has 2 N–H and O–H groups in total. The largest absolute Gasteiger partial charge is 0.478 e. The SMILES string of the molecule is CC(=O)Nc1cc(C)cc(/C=C/C(=O)O)n1. The van der Waals surface area contributed by atoms with E-state index < -0.39 is 5.97 Å². The fourth-order valence-electron chi connectivity index (χ4n) is 1.18. The van der Waals surface area contributed by atoms with Crippen LogP contribution in [0.1, 0.15) is 18.2 Å². The van der Waals surface area contributed by atoms with Gasteiger partial charge >= 0.3 is 5.97 Å². The van der Waals surface area contributed by atoms with Gasteiger partial charge in [-0.05, 0) is 30.7 Å². The first-order chi connectivity index (χ1) is 7.47. The van der Waals surface area contributed by atoms with Crippen molar-refractivity contribution in [3.63, 3.8) is 0 Å². The van der Waals surface area contributed by atoms with Crippen molar-refractivity contribution in [2.45, 2.75) is 13.8 Å². The Bertz CT molecular complexity index is 453. The van der Waals surface area contributed by atoms with Crippen LogP contribution in [0, 0.1) is 6.92 Å². The molecule has 1 heterocycles. The Morgan fingerprint density at radius 3 is 2.69 bits per heavy atom. The van der Waals surface area contributed by atoms with Crippen molar-refractivity contribution in [3.8, 4) is 0 Å². The van der Waals surface area contributed by atoms with Crippen molar-refractivity contribution in [1.82, 2.24) is 4.98 Å². The molecule has 1 aromatic heterocycles. The molecule has 0 bridgehead atoms. The number of carbonyl (C=O) groups is 2. The van der Waals surface area contributed by atoms with E-state index in [0.29, 0.717) is 11.5 Å². The lowest BCUT2D eigenvalue weighted by molar-refractivity contribution is -0.131. The Kier molecular flexibility index (Phi) is 3.77. The molecule has 0 aliphatic rings. The second-order valence-electron chi connectivity index (χ2n) is 3.31. The van der Waals surface area contributed by atoms with E-state index in [9.17, 15) is 9.59 Å². The predicted octanol–water partition coefficient (Wildman–Crippen LogP) is 1.45. The first-order valence-corrected chi connectivity index (χ1v) is 4.64. The summed E-state index contributed by atoms with van der Waals surface area (Å²) >= 11 is 0. The maximum atomic E-state index is 10.8. The van der Waals surface area contributed by atoms with Gasteiger partial charge in [-0.3, -0.25) is 4.79 Å². The Balaban J connectivity index is 2.98. The number of carboxylic acid groups (broad SMARTS) is 1. The predicted molar refractivity (Wildman–Crippen MR) is 59.9 cm³/mol. The lowest BCUT2D eigenvalue weighted by atomic mass is 10.2. The molecule has 1 aromatic rings. The van der Waals surface area contributed by atoms with E-state index >= 15 is 0 Å². The van der Waals surface area contributed by atoms with Gasteiger partial charge in [0.2, 0.25) is 5.91 Å². The van der Waals surface area contributed by atoms with E-state index in [4.69, 9.17) is 5.11 Å². The van der Waals surface area contributed by atoms with Crippen molar-refractivity contribution < 1.29 is 14.7 Å². The number of carboxylic acids is 1. The molecule has 0 fully saturated rings. The summed E-state index contributed by atoms with van der Waals surface area (Å²) in [6.45, 7) is 3.22. The van der Waals surface area contributed by atoms with E-state index in [-0.39, 0.29) is 5.91 Å². The van der Waals surface area contributed by atoms with Crippen LogP contribution in [-0.4, -0.2) is 22.0 Å². The van der Waals surface area contributed by atoms with Gasteiger partial charge in [-0.25, -0.2) is 9.78 Å². The van der Waals surface area contributed by atoms with Crippen LogP contribution in [0.3, 0.4) is 0 Å². The molecule has 1 amide bonds. The molecule has 0 aliphatic carbocycles. The summed E-state index contributed by atoms with van der Waals surface area (Å²) in [5.41, 5.74) is 1.38. The first kappa shape index (κ1) is 11.9. The van der Waals surface area contributed by atoms with Gasteiger partial charge in [0, 0.05) is 13.0 Å². The zero-order valence-corrected chi connectivity index (χ0v) is 9.02. The average molecular weight is 220 g/mol. The maximum Gasteiger partial charge on any atom is 0.328 e. The third kappa shape index (κ3) is 3.91. The zero-order valence-electron chi connectivity index (χ0n) is 9.02. The highest BCUT2D eigenvalue weighted by atomic mass is 16.4. The van der Waals surface area contributed by atoms with Gasteiger partial charge in [0.15, 0.2) is 0 Å². The van der Waals surface area contributed by atoms with Crippen LogP contribution < -0.4 is 5.32 Å². The molecule has 0 unspecified atom stereocenters. The summed E-state index contributed by atoms with van der Waals surface area (Å²) in [4.78, 5) is 25.2. The third-order valence-electron chi connectivity index (χ3n) is 1.69. The van der Waals surface area contributed by atoms with Gasteiger partial charge < -0.3 is 10.4 Å². The Morgan fingerprint density at radius 1 is 1.44 bits per heavy atom. The van der Waals surface area contributed by atoms with Crippen LogP contribution in [0.5, 0.6) is 0 Å². The highest BCUT2D eigenvalue weighted by Crippen LogP contribution is 2.10. The molecule has 0 aromatic carbocycles. The maximum absolute atomic E-state index is 10.8. The normalized spacial score (nSPS) is 10.4. The molecule has 5 nitrogen and oxygen atoms in total. The molecule has 1 rings (SSSR count). The molecule has 0 radical (unpaired) electrons. The summed E-state index contributed by atoms with van der Waals surface area (Å²) in [6, 6.07) is 3.43. The number of amides is 1. The summed E-state index contributed by atoms with van der Waals surface area (Å²) in [7, 11) is 0. The lowest BCUT2D eigenvalue weighted by Gasteiger charge is -2.03. The molecule has 0 saturated carbocycles. The number of pyridine rings is 1. The van der Waals surface area contributed by atoms with E-state index in [1.165, 1.54) is 13.0 Å². The number of aromatic nitrogens is 1. The lowest BCUT2D eigenvalue weighted by Crippen LogP contribution is -2.08. The van der Waals surface area contributed by atoms with Gasteiger partial charge in [0.05, 0.1) is 5.69 Å². The Labute approximate surface area is 92.8 Å². The molecular weight excluding hydrogens is 208 g/mol. The Morgan fingerprint density at radius 2 is 2.12 bits per heavy atom. The van der Waals surface area contributed by atoms with Crippen LogP contribution in [-0.2, 0) is 9.59 Å². The summed E-state index contributed by atoms with van der Waals surface area (Å²) in [6.07, 6.45) is 2.37. The topological polar surface area (TPSA) is 79.3 Å². The number of aryl methyl sites for hydroxylation is 1. The second kappa shape index (κ2) is 5.06. The number of hydrogen-bond acceptors (Lipinski definition) is 3. The number of anilines is 1. The highest BCUT2D eigenvalue weighted by molar-refractivity contribution is 5.88. The molecular formula is C11H12N2O3. The van der Waals surface area contributed by atoms with Crippen LogP contribution in [0.4, 0.5) is 5.82 Å². The second-order valence-corrected chi connectivity index (χ2v) is 3.31. The highest BCUT2D eigenvalue weighted by Gasteiger charge is 2.00. The van der Waals surface area contributed by atoms with Crippen molar-refractivity contribution in [3.05, 3.63) is 29.5 Å². The summed E-state index contributed by atoms with van der Waals surface area (Å²) in [5, 5.41) is 11.0. The zero-order chi connectivity index (χ0) is 12.1. The van der Waals surface area contributed by atoms with Crippen LogP contribution in [0.15, 0.2) is 18.2 Å². The number of aliphatic carboxylic acids is 1. The van der Waals surface area contributed by atoms with Crippen molar-refractivity contribution in [1.29, 1.82) is 0 Å². The number of nitrogens with zero attached hydrogens (tertiary/aromatic N) is 1. The fourth-order valence-corrected chi connectivity index (χ4v) is 1.18. The molecule has 0 aliphatic heterocycles. The quantitative estimate of drug-likeness (QED) is 0.755. The molecule has 84 valence electrons. The number of carbonyl (C=O) groups excluding carboxylic acids is 1. The van der Waals surface area contributed by atoms with Crippen LogP contribution in [0.25, 0.3) is 6.08 Å². The number of nitrogens with one attached hydrogen (secondary N) is 1. The number of hydrogen-bond donors (Lipinski definition) is 2. The Hall–Kier alpha value is -2.17. The van der Waals surface area contributed by atoms with E-state index in [1.807, 2.05) is 6.92 Å². The smallest absolute Gasteiger partial charge is 0.328 e. The van der Waals surface area contributed by atoms with Gasteiger partial charge in [0.25, 0.3) is 0 Å². The van der Waals surface area contributed by atoms with Crippen molar-refractivity contribution in [2.75, 3.05) is 5.32 Å². The molecule has 0 spiro atoms. The average Bonchev–Trinajstić information content (AvgIpc) is 2.12. The monoisotopic (exact) mass is 220 g/mol. The van der Waals surface area contributed by atoms with E-state index in [1.54, 1.807) is 12.1 Å². The minimum absolute atomic E-state index is 0.216. The van der Waals surface area contributed by atoms with Gasteiger partial charge in [0.1, 0.15) is 5.82 Å². The minimum atomic E-state index is -1.04. The standard InChI is InChI=1S/C11H12N2O3/c1-7-5-9(3-4-11(15)16)13-10(6-7)12-8(2)14/h3-6H,1-2H3,(H,15,16)(H,12,13,14)/b4-3+. The summed E-state index contributed by atoms with van der Waals surface area (Å²) < 4.78 is 0. The van der Waals surface area contributed by atoms with E-state index in [2.05, 4.69) is 10.3 Å². The van der Waals surface area contributed by atoms with Crippen LogP contribution >= 0.6 is 0 Å². The third-order valence-corrected chi connectivity index (χ3v) is 1.69. The first-order valence-electron chi connectivity index (χ1n) is 4.64. The summed E-state index contributed by atoms with van der Waals surface area (Å²) in [5.74, 6) is -0.840. The fraction of sp³-hybridized carbons (Fsp3) is 0.182. The van der Waals surface area contributed by atoms with Gasteiger partial charge in [-0.1, -0.05) is 0 Å². The van der Waals surface area contributed by atoms with E-state index in [0.717, 1.165) is 11.6 Å². The number of rotatable bonds is 3.